The number of aryl methyl sites for hydroxylation is 1. The van der Waals surface area contributed by atoms with Crippen molar-refractivity contribution in [3.05, 3.63) is 31.2 Å². The van der Waals surface area contributed by atoms with Gasteiger partial charge in [-0.1, -0.05) is 12.8 Å². The highest BCUT2D eigenvalue weighted by Gasteiger charge is 2.23. The van der Waals surface area contributed by atoms with Crippen molar-refractivity contribution in [3.8, 4) is 0 Å². The van der Waals surface area contributed by atoms with E-state index < -0.39 is 0 Å². The van der Waals surface area contributed by atoms with Gasteiger partial charge in [-0.2, -0.15) is 0 Å². The normalized spacial score (nSPS) is 15.9. The monoisotopic (exact) mass is 400 g/mol. The van der Waals surface area contributed by atoms with E-state index in [1.165, 1.54) is 25.7 Å². The van der Waals surface area contributed by atoms with Gasteiger partial charge in [0.05, 0.1) is 26.4 Å². The molecule has 20 heavy (non-hydrogen) atoms. The van der Waals surface area contributed by atoms with E-state index in [1.807, 2.05) is 6.92 Å². The van der Waals surface area contributed by atoms with Crippen LogP contribution in [0.3, 0.4) is 0 Å². The molecule has 2 aromatic heterocycles. The Morgan fingerprint density at radius 1 is 1.30 bits per heavy atom. The van der Waals surface area contributed by atoms with Crippen LogP contribution in [0.5, 0.6) is 0 Å². The molecule has 6 heteroatoms. The minimum absolute atomic E-state index is 0.558. The molecular weight excluding hydrogens is 383 g/mol. The molecule has 0 radical (unpaired) electrons. The lowest BCUT2D eigenvalue weighted by Crippen LogP contribution is -2.10. The maximum Gasteiger partial charge on any atom is 0.140 e. The highest BCUT2D eigenvalue weighted by Crippen LogP contribution is 2.36. The molecule has 1 fully saturated rings. The van der Waals surface area contributed by atoms with E-state index >= 15 is 0 Å². The summed E-state index contributed by atoms with van der Waals surface area (Å²) in [5.74, 6) is 1.97. The van der Waals surface area contributed by atoms with E-state index in [2.05, 4.69) is 37.9 Å². The second-order valence-corrected chi connectivity index (χ2v) is 7.38. The first kappa shape index (κ1) is 14.2. The Labute approximate surface area is 136 Å². The molecular formula is C14H17IN4S. The third-order valence-electron chi connectivity index (χ3n) is 3.70. The lowest BCUT2D eigenvalue weighted by molar-refractivity contribution is 0.681. The molecule has 1 aliphatic rings. The molecule has 2 N–H and O–H groups in total. The molecule has 2 aromatic rings. The summed E-state index contributed by atoms with van der Waals surface area (Å²) in [6, 6.07) is 0. The van der Waals surface area contributed by atoms with Gasteiger partial charge in [0.15, 0.2) is 0 Å². The van der Waals surface area contributed by atoms with E-state index in [4.69, 9.17) is 10.7 Å². The van der Waals surface area contributed by atoms with E-state index in [9.17, 15) is 0 Å². The van der Waals surface area contributed by atoms with Crippen molar-refractivity contribution in [2.24, 2.45) is 0 Å². The van der Waals surface area contributed by atoms with Crippen LogP contribution >= 0.6 is 33.9 Å². The summed E-state index contributed by atoms with van der Waals surface area (Å²) in [6.45, 7) is 2.02. The predicted octanol–water partition coefficient (Wildman–Crippen LogP) is 3.68. The number of hydrogen-bond donors (Lipinski definition) is 1. The molecule has 0 aliphatic heterocycles. The number of halogens is 1. The highest BCUT2D eigenvalue weighted by atomic mass is 127. The van der Waals surface area contributed by atoms with Crippen molar-refractivity contribution < 1.29 is 0 Å². The number of rotatable bonds is 3. The molecule has 1 saturated carbocycles. The summed E-state index contributed by atoms with van der Waals surface area (Å²) < 4.78 is 1.03. The Kier molecular flexibility index (Phi) is 4.21. The van der Waals surface area contributed by atoms with Crippen LogP contribution in [0.25, 0.3) is 0 Å². The van der Waals surface area contributed by atoms with Gasteiger partial charge in [-0.25, -0.2) is 15.0 Å². The van der Waals surface area contributed by atoms with Crippen LogP contribution in [0.2, 0.25) is 0 Å². The van der Waals surface area contributed by atoms with Gasteiger partial charge in [0.25, 0.3) is 0 Å². The van der Waals surface area contributed by atoms with Gasteiger partial charge in [0.2, 0.25) is 0 Å². The maximum atomic E-state index is 6.07. The molecule has 0 atom stereocenters. The summed E-state index contributed by atoms with van der Waals surface area (Å²) in [7, 11) is 0. The summed E-state index contributed by atoms with van der Waals surface area (Å²) in [5, 5.41) is 3.15. The van der Waals surface area contributed by atoms with E-state index in [1.54, 1.807) is 11.3 Å². The molecule has 106 valence electrons. The maximum absolute atomic E-state index is 6.07. The van der Waals surface area contributed by atoms with Crippen molar-refractivity contribution in [1.29, 1.82) is 0 Å². The first-order chi connectivity index (χ1) is 9.63. The Bertz CT molecular complexity index is 620. The van der Waals surface area contributed by atoms with Crippen LogP contribution < -0.4 is 5.73 Å². The minimum atomic E-state index is 0.558. The van der Waals surface area contributed by atoms with Gasteiger partial charge in [-0.3, -0.25) is 0 Å². The van der Waals surface area contributed by atoms with Crippen LogP contribution in [0.4, 0.5) is 5.82 Å². The predicted molar refractivity (Wildman–Crippen MR) is 90.0 cm³/mol. The van der Waals surface area contributed by atoms with Gasteiger partial charge in [-0.15, -0.1) is 11.3 Å². The van der Waals surface area contributed by atoms with Crippen molar-refractivity contribution in [2.75, 3.05) is 5.73 Å². The molecule has 0 aromatic carbocycles. The van der Waals surface area contributed by atoms with E-state index in [0.717, 1.165) is 25.8 Å². The van der Waals surface area contributed by atoms with Crippen LogP contribution in [-0.2, 0) is 6.42 Å². The van der Waals surface area contributed by atoms with Gasteiger partial charge in [-0.05, 0) is 42.4 Å². The zero-order valence-electron chi connectivity index (χ0n) is 11.4. The second kappa shape index (κ2) is 5.93. The number of thiazole rings is 1. The number of anilines is 1. The largest absolute Gasteiger partial charge is 0.383 e. The number of nitrogen functional groups attached to an aromatic ring is 1. The average Bonchev–Trinajstić information content (AvgIpc) is 3.05. The van der Waals surface area contributed by atoms with Crippen LogP contribution in [0.15, 0.2) is 5.38 Å². The van der Waals surface area contributed by atoms with E-state index in [0.29, 0.717) is 18.2 Å². The minimum Gasteiger partial charge on any atom is -0.383 e. The van der Waals surface area contributed by atoms with Crippen LogP contribution in [0, 0.1) is 10.5 Å². The fourth-order valence-corrected chi connectivity index (χ4v) is 4.03. The molecule has 0 saturated heterocycles. The summed E-state index contributed by atoms with van der Waals surface area (Å²) >= 11 is 3.94. The standard InChI is InChI=1S/C14H17IN4S/c1-8-17-10(7-20-8)6-11-18-13(9-4-2-3-5-9)12(15)14(16)19-11/h7,9H,2-6H2,1H3,(H2,16,18,19). The second-order valence-electron chi connectivity index (χ2n) is 5.24. The van der Waals surface area contributed by atoms with Gasteiger partial charge in [0.1, 0.15) is 11.6 Å². The number of nitrogens with two attached hydrogens (primary N) is 1. The number of nitrogens with zero attached hydrogens (tertiary/aromatic N) is 3. The zero-order valence-corrected chi connectivity index (χ0v) is 14.4. The molecule has 0 amide bonds. The quantitative estimate of drug-likeness (QED) is 0.799. The molecule has 0 bridgehead atoms. The number of hydrogen-bond acceptors (Lipinski definition) is 5. The first-order valence-electron chi connectivity index (χ1n) is 6.86. The Morgan fingerprint density at radius 3 is 2.70 bits per heavy atom. The lowest BCUT2D eigenvalue weighted by atomic mass is 10.0. The Hall–Kier alpha value is -0.760. The van der Waals surface area contributed by atoms with Crippen molar-refractivity contribution in [3.63, 3.8) is 0 Å². The molecule has 4 nitrogen and oxygen atoms in total. The molecule has 2 heterocycles. The molecule has 3 rings (SSSR count). The molecule has 0 unspecified atom stereocenters. The fraction of sp³-hybridized carbons (Fsp3) is 0.500. The van der Waals surface area contributed by atoms with E-state index in [-0.39, 0.29) is 0 Å². The van der Waals surface area contributed by atoms with Crippen LogP contribution in [0.1, 0.15) is 53.8 Å². The van der Waals surface area contributed by atoms with Gasteiger partial charge < -0.3 is 5.73 Å². The SMILES string of the molecule is Cc1nc(Cc2nc(N)c(I)c(C3CCCC3)n2)cs1. The topological polar surface area (TPSA) is 64.7 Å². The Morgan fingerprint density at radius 2 is 2.05 bits per heavy atom. The van der Waals surface area contributed by atoms with Crippen molar-refractivity contribution >= 4 is 39.7 Å². The number of aromatic nitrogens is 3. The first-order valence-corrected chi connectivity index (χ1v) is 8.82. The third-order valence-corrected chi connectivity index (χ3v) is 5.62. The smallest absolute Gasteiger partial charge is 0.140 e. The van der Waals surface area contributed by atoms with Gasteiger partial charge >= 0.3 is 0 Å². The fourth-order valence-electron chi connectivity index (χ4n) is 2.73. The van der Waals surface area contributed by atoms with Crippen molar-refractivity contribution in [2.45, 2.75) is 44.9 Å². The summed E-state index contributed by atoms with van der Waals surface area (Å²) in [4.78, 5) is 13.7. The average molecular weight is 400 g/mol. The molecule has 0 spiro atoms. The lowest BCUT2D eigenvalue weighted by Gasteiger charge is -2.13. The van der Waals surface area contributed by atoms with Crippen molar-refractivity contribution in [1.82, 2.24) is 15.0 Å². The highest BCUT2D eigenvalue weighted by molar-refractivity contribution is 14.1. The summed E-state index contributed by atoms with van der Waals surface area (Å²) in [5.41, 5.74) is 8.25. The zero-order chi connectivity index (χ0) is 14.1. The third kappa shape index (κ3) is 2.95. The Balaban J connectivity index is 1.91. The van der Waals surface area contributed by atoms with Crippen LogP contribution in [-0.4, -0.2) is 15.0 Å². The summed E-state index contributed by atoms with van der Waals surface area (Å²) in [6.07, 6.45) is 5.71. The van der Waals surface area contributed by atoms with Gasteiger partial charge in [0, 0.05) is 11.3 Å². The molecule has 1 aliphatic carbocycles.